The maximum absolute atomic E-state index is 11.4. The minimum Gasteiger partial charge on any atom is -0.462 e. The van der Waals surface area contributed by atoms with Crippen LogP contribution in [0.5, 0.6) is 0 Å². The van der Waals surface area contributed by atoms with E-state index in [0.717, 1.165) is 38.5 Å². The van der Waals surface area contributed by atoms with Crippen LogP contribution in [0, 0.1) is 34.5 Å². The number of rotatable bonds is 2. The fourth-order valence-electron chi connectivity index (χ4n) is 6.65. The molecule has 6 atom stereocenters. The molecule has 0 aromatic heterocycles. The highest BCUT2D eigenvalue weighted by atomic mass is 16.5. The first-order valence-electron chi connectivity index (χ1n) is 10.6. The number of hydrogen-bond acceptors (Lipinski definition) is 4. The average molecular weight is 382 g/mol. The number of nitrogens with zero attached hydrogens (tertiary/aromatic N) is 1. The van der Waals surface area contributed by atoms with E-state index in [0.29, 0.717) is 23.8 Å². The number of allylic oxidation sites excluding steroid dienone is 2. The fraction of sp³-hybridized carbons (Fsp3) is 0.667. The van der Waals surface area contributed by atoms with Gasteiger partial charge in [-0.1, -0.05) is 43.2 Å². The van der Waals surface area contributed by atoms with Gasteiger partial charge in [-0.05, 0) is 55.8 Å². The third-order valence-corrected chi connectivity index (χ3v) is 8.39. The third kappa shape index (κ3) is 2.70. The summed E-state index contributed by atoms with van der Waals surface area (Å²) in [5, 5.41) is 20.5. The molecule has 0 heterocycles. The van der Waals surface area contributed by atoms with Gasteiger partial charge in [-0.15, -0.1) is 0 Å². The van der Waals surface area contributed by atoms with Crippen molar-refractivity contribution < 1.29 is 14.6 Å². The van der Waals surface area contributed by atoms with Crippen LogP contribution in [-0.4, -0.2) is 22.8 Å². The van der Waals surface area contributed by atoms with E-state index in [1.807, 2.05) is 0 Å². The van der Waals surface area contributed by atoms with Crippen molar-refractivity contribution in [3.8, 4) is 6.07 Å². The van der Waals surface area contributed by atoms with Gasteiger partial charge in [0.25, 0.3) is 0 Å². The molecule has 1 N–H and O–H groups in total. The highest BCUT2D eigenvalue weighted by Crippen LogP contribution is 2.63. The molecule has 1 saturated carbocycles. The second kappa shape index (κ2) is 6.59. The van der Waals surface area contributed by atoms with Crippen molar-refractivity contribution in [2.75, 3.05) is 0 Å². The van der Waals surface area contributed by atoms with E-state index in [1.54, 1.807) is 0 Å². The number of esters is 1. The Balaban J connectivity index is 1.59. The smallest absolute Gasteiger partial charge is 0.302 e. The summed E-state index contributed by atoms with van der Waals surface area (Å²) in [7, 11) is 0. The number of aliphatic hydroxyl groups is 1. The Labute approximate surface area is 168 Å². The molecule has 0 amide bonds. The summed E-state index contributed by atoms with van der Waals surface area (Å²) in [5.74, 6) is 0.873. The van der Waals surface area contributed by atoms with E-state index in [-0.39, 0.29) is 23.4 Å². The molecule has 0 bridgehead atoms. The molecule has 0 aromatic rings. The van der Waals surface area contributed by atoms with E-state index in [4.69, 9.17) is 4.74 Å². The molecule has 1 fully saturated rings. The molecule has 4 rings (SSSR count). The summed E-state index contributed by atoms with van der Waals surface area (Å²) >= 11 is 0. The number of hydrogen-bond donors (Lipinski definition) is 1. The zero-order chi connectivity index (χ0) is 20.3. The SMILES string of the molecule is C=C(C#N)[C@]1(O)CCC2=C(C[C@H]3[C@H]2CC=C2C[C@@H](OC(C)=O)CC[C@@]23C)[C@@H]1C. The molecule has 0 saturated heterocycles. The summed E-state index contributed by atoms with van der Waals surface area (Å²) in [4.78, 5) is 11.4. The molecule has 4 aliphatic rings. The second-order valence-electron chi connectivity index (χ2n) is 9.56. The second-order valence-corrected chi connectivity index (χ2v) is 9.56. The standard InChI is InChI=1S/C24H31NO3/c1-14(13-25)24(27)10-8-19-20-6-5-17-11-18(28-16(3)26)7-9-23(17,4)22(20)12-21(19)15(24)2/h5,15,18,20,22,27H,1,6-12H2,2-4H3/t15-,18-,20-,22-,23-,24+/m0/s1. The van der Waals surface area contributed by atoms with Crippen molar-refractivity contribution in [1.82, 2.24) is 0 Å². The lowest BCUT2D eigenvalue weighted by Gasteiger charge is -2.49. The molecule has 28 heavy (non-hydrogen) atoms. The maximum Gasteiger partial charge on any atom is 0.302 e. The largest absolute Gasteiger partial charge is 0.462 e. The summed E-state index contributed by atoms with van der Waals surface area (Å²) in [6, 6.07) is 2.10. The Bertz CT molecular complexity index is 831. The lowest BCUT2D eigenvalue weighted by atomic mass is 9.56. The van der Waals surface area contributed by atoms with Crippen LogP contribution in [0.2, 0.25) is 0 Å². The Morgan fingerprint density at radius 1 is 1.36 bits per heavy atom. The quantitative estimate of drug-likeness (QED) is 0.431. The number of ether oxygens (including phenoxy) is 1. The van der Waals surface area contributed by atoms with Gasteiger partial charge in [0.05, 0.1) is 11.6 Å². The molecule has 0 aliphatic heterocycles. The topological polar surface area (TPSA) is 70.3 Å². The summed E-state index contributed by atoms with van der Waals surface area (Å²) in [6.45, 7) is 9.81. The molecule has 150 valence electrons. The van der Waals surface area contributed by atoms with E-state index in [1.165, 1.54) is 23.6 Å². The monoisotopic (exact) mass is 381 g/mol. The zero-order valence-electron chi connectivity index (χ0n) is 17.3. The van der Waals surface area contributed by atoms with Crippen molar-refractivity contribution in [1.29, 1.82) is 5.26 Å². The normalized spacial score (nSPS) is 41.9. The lowest BCUT2D eigenvalue weighted by Crippen LogP contribution is -2.41. The molecule has 0 spiro atoms. The zero-order valence-corrected chi connectivity index (χ0v) is 17.3. The molecule has 4 aliphatic carbocycles. The van der Waals surface area contributed by atoms with Gasteiger partial charge in [0.1, 0.15) is 11.7 Å². The Hall–Kier alpha value is -1.86. The minimum absolute atomic E-state index is 0.0142. The van der Waals surface area contributed by atoms with Crippen molar-refractivity contribution >= 4 is 5.97 Å². The number of carbonyl (C=O) groups excluding carboxylic acids is 1. The highest BCUT2D eigenvalue weighted by Gasteiger charge is 2.55. The first-order valence-corrected chi connectivity index (χ1v) is 10.6. The molecule has 4 heteroatoms. The third-order valence-electron chi connectivity index (χ3n) is 8.39. The van der Waals surface area contributed by atoms with Crippen LogP contribution in [0.4, 0.5) is 0 Å². The summed E-state index contributed by atoms with van der Waals surface area (Å²) in [5.41, 5.74) is 3.71. The van der Waals surface area contributed by atoms with Gasteiger partial charge in [-0.2, -0.15) is 5.26 Å². The van der Waals surface area contributed by atoms with E-state index in [9.17, 15) is 15.2 Å². The highest BCUT2D eigenvalue weighted by molar-refractivity contribution is 5.66. The molecule has 0 aromatic carbocycles. The fourth-order valence-corrected chi connectivity index (χ4v) is 6.65. The molecular weight excluding hydrogens is 350 g/mol. The Morgan fingerprint density at radius 3 is 2.79 bits per heavy atom. The molecule has 4 nitrogen and oxygen atoms in total. The van der Waals surface area contributed by atoms with Gasteiger partial charge in [0.2, 0.25) is 0 Å². The first kappa shape index (κ1) is 19.5. The van der Waals surface area contributed by atoms with E-state index in [2.05, 4.69) is 32.6 Å². The minimum atomic E-state index is -1.09. The van der Waals surface area contributed by atoms with Gasteiger partial charge >= 0.3 is 5.97 Å². The van der Waals surface area contributed by atoms with Crippen LogP contribution in [0.25, 0.3) is 0 Å². The van der Waals surface area contributed by atoms with Crippen LogP contribution >= 0.6 is 0 Å². The maximum atomic E-state index is 11.4. The summed E-state index contributed by atoms with van der Waals surface area (Å²) in [6.07, 6.45) is 8.77. The van der Waals surface area contributed by atoms with Crippen molar-refractivity contribution in [3.63, 3.8) is 0 Å². The average Bonchev–Trinajstić information content (AvgIpc) is 3.04. The van der Waals surface area contributed by atoms with E-state index >= 15 is 0 Å². The van der Waals surface area contributed by atoms with Crippen molar-refractivity contribution in [2.45, 2.75) is 77.4 Å². The van der Waals surface area contributed by atoms with Gasteiger partial charge in [0.15, 0.2) is 0 Å². The number of nitriles is 1. The Kier molecular flexibility index (Phi) is 4.58. The first-order chi connectivity index (χ1) is 13.2. The van der Waals surface area contributed by atoms with Gasteiger partial charge < -0.3 is 9.84 Å². The molecule has 0 radical (unpaired) electrons. The van der Waals surface area contributed by atoms with Crippen LogP contribution in [0.15, 0.2) is 34.9 Å². The van der Waals surface area contributed by atoms with Crippen molar-refractivity contribution in [3.05, 3.63) is 34.9 Å². The summed E-state index contributed by atoms with van der Waals surface area (Å²) < 4.78 is 5.51. The van der Waals surface area contributed by atoms with Gasteiger partial charge in [-0.3, -0.25) is 4.79 Å². The molecular formula is C24H31NO3. The van der Waals surface area contributed by atoms with Crippen LogP contribution < -0.4 is 0 Å². The predicted molar refractivity (Wildman–Crippen MR) is 107 cm³/mol. The predicted octanol–water partition coefficient (Wildman–Crippen LogP) is 4.61. The van der Waals surface area contributed by atoms with Crippen molar-refractivity contribution in [2.24, 2.45) is 23.2 Å². The van der Waals surface area contributed by atoms with Crippen LogP contribution in [0.1, 0.15) is 65.7 Å². The number of carbonyl (C=O) groups is 1. The van der Waals surface area contributed by atoms with E-state index < -0.39 is 5.60 Å². The van der Waals surface area contributed by atoms with Gasteiger partial charge in [-0.25, -0.2) is 0 Å². The lowest BCUT2D eigenvalue weighted by molar-refractivity contribution is -0.148. The number of fused-ring (bicyclic) bond motifs is 4. The van der Waals surface area contributed by atoms with Crippen LogP contribution in [0.3, 0.4) is 0 Å². The van der Waals surface area contributed by atoms with Crippen LogP contribution in [-0.2, 0) is 9.53 Å². The Morgan fingerprint density at radius 2 is 2.11 bits per heavy atom. The molecule has 0 unspecified atom stereocenters. The van der Waals surface area contributed by atoms with Gasteiger partial charge in [0, 0.05) is 19.3 Å².